The third kappa shape index (κ3) is 9.60. The minimum absolute atomic E-state index is 0.169. The average molecular weight is 551 g/mol. The van der Waals surface area contributed by atoms with E-state index in [4.69, 9.17) is 37.4 Å². The number of ether oxygens (including phenoxy) is 3. The molecular weight excluding hydrogens is 513 g/mol. The fourth-order valence-corrected chi connectivity index (χ4v) is 5.11. The summed E-state index contributed by atoms with van der Waals surface area (Å²) in [7, 11) is 1.36. The maximum atomic E-state index is 13.1. The fraction of sp³-hybridized carbons (Fsp3) is 0.517. The Bertz CT molecular complexity index is 1030. The summed E-state index contributed by atoms with van der Waals surface area (Å²) in [5, 5.41) is 4.12. The van der Waals surface area contributed by atoms with Gasteiger partial charge >= 0.3 is 5.97 Å². The molecule has 1 aliphatic heterocycles. The largest absolute Gasteiger partial charge is 0.469 e. The van der Waals surface area contributed by atoms with E-state index in [0.717, 1.165) is 43.6 Å². The van der Waals surface area contributed by atoms with E-state index in [9.17, 15) is 9.59 Å². The first-order valence-electron chi connectivity index (χ1n) is 13.0. The highest BCUT2D eigenvalue weighted by Gasteiger charge is 2.21. The quantitative estimate of drug-likeness (QED) is 0.224. The van der Waals surface area contributed by atoms with E-state index in [1.807, 2.05) is 24.3 Å². The molecule has 2 unspecified atom stereocenters. The number of methoxy groups -OCH3 is 1. The second-order valence-electron chi connectivity index (χ2n) is 9.56. The van der Waals surface area contributed by atoms with Crippen molar-refractivity contribution in [3.8, 4) is 0 Å². The van der Waals surface area contributed by atoms with Crippen LogP contribution in [0.5, 0.6) is 0 Å². The molecule has 0 bridgehead atoms. The Kier molecular flexibility index (Phi) is 12.2. The predicted octanol–water partition coefficient (Wildman–Crippen LogP) is 6.63. The summed E-state index contributed by atoms with van der Waals surface area (Å²) in [5.41, 5.74) is 2.05. The maximum absolute atomic E-state index is 13.1. The SMILES string of the molecule is CCC(CNC(=O)c1cc(Cl)cc(C(OCCCC(=O)OC)c2cccc(Cl)c2)c1)C[C@H]1CCCOC1. The molecule has 1 N–H and O–H groups in total. The third-order valence-corrected chi connectivity index (χ3v) is 7.18. The molecule has 0 spiro atoms. The van der Waals surface area contributed by atoms with Crippen LogP contribution < -0.4 is 5.32 Å². The number of benzene rings is 2. The van der Waals surface area contributed by atoms with Gasteiger partial charge in [0.05, 0.1) is 7.11 Å². The summed E-state index contributed by atoms with van der Waals surface area (Å²) in [6.07, 6.45) is 4.59. The van der Waals surface area contributed by atoms with Crippen LogP contribution in [0.3, 0.4) is 0 Å². The summed E-state index contributed by atoms with van der Waals surface area (Å²) < 4.78 is 16.5. The van der Waals surface area contributed by atoms with Crippen LogP contribution in [0.15, 0.2) is 42.5 Å². The van der Waals surface area contributed by atoms with Crippen molar-refractivity contribution < 1.29 is 23.8 Å². The summed E-state index contributed by atoms with van der Waals surface area (Å²) in [6, 6.07) is 12.7. The fourth-order valence-electron chi connectivity index (χ4n) is 4.67. The highest BCUT2D eigenvalue weighted by molar-refractivity contribution is 6.31. The van der Waals surface area contributed by atoms with Crippen LogP contribution in [0.2, 0.25) is 10.0 Å². The smallest absolute Gasteiger partial charge is 0.305 e. The van der Waals surface area contributed by atoms with Crippen LogP contribution in [0.1, 0.15) is 73.0 Å². The standard InChI is InChI=1S/C29H37Cl2NO5/c1-3-20(13-21-7-5-11-36-19-21)18-32-29(34)24-14-23(16-26(31)17-24)28(22-8-4-9-25(30)15-22)37-12-6-10-27(33)35-2/h4,8-9,14-17,20-21,28H,3,5-7,10-13,18-19H2,1-2H3,(H,32,34)/t20?,21-,28?/m1/s1. The predicted molar refractivity (Wildman–Crippen MR) is 146 cm³/mol. The molecular formula is C29H37Cl2NO5. The molecule has 0 radical (unpaired) electrons. The molecule has 1 fully saturated rings. The molecule has 0 saturated carbocycles. The first kappa shape index (κ1) is 29.4. The number of carbonyl (C=O) groups excluding carboxylic acids is 2. The monoisotopic (exact) mass is 549 g/mol. The average Bonchev–Trinajstić information content (AvgIpc) is 2.90. The Morgan fingerprint density at radius 2 is 1.95 bits per heavy atom. The zero-order chi connectivity index (χ0) is 26.6. The normalized spacial score (nSPS) is 17.1. The van der Waals surface area contributed by atoms with Crippen LogP contribution in [0, 0.1) is 11.8 Å². The van der Waals surface area contributed by atoms with E-state index < -0.39 is 6.10 Å². The molecule has 1 heterocycles. The summed E-state index contributed by atoms with van der Waals surface area (Å²) in [4.78, 5) is 24.6. The van der Waals surface area contributed by atoms with Crippen molar-refractivity contribution in [1.82, 2.24) is 5.32 Å². The van der Waals surface area contributed by atoms with Crippen molar-refractivity contribution in [3.05, 3.63) is 69.2 Å². The number of carbonyl (C=O) groups is 2. The molecule has 0 aromatic heterocycles. The van der Waals surface area contributed by atoms with E-state index in [0.29, 0.717) is 47.0 Å². The Morgan fingerprint density at radius 3 is 2.65 bits per heavy atom. The summed E-state index contributed by atoms with van der Waals surface area (Å²) >= 11 is 12.7. The molecule has 37 heavy (non-hydrogen) atoms. The lowest BCUT2D eigenvalue weighted by atomic mass is 9.89. The molecule has 1 saturated heterocycles. The van der Waals surface area contributed by atoms with Gasteiger partial charge in [-0.3, -0.25) is 9.59 Å². The van der Waals surface area contributed by atoms with Crippen LogP contribution in [-0.2, 0) is 19.0 Å². The second kappa shape index (κ2) is 15.3. The second-order valence-corrected chi connectivity index (χ2v) is 10.4. The van der Waals surface area contributed by atoms with Crippen molar-refractivity contribution in [1.29, 1.82) is 0 Å². The van der Waals surface area contributed by atoms with E-state index >= 15 is 0 Å². The van der Waals surface area contributed by atoms with Gasteiger partial charge in [-0.1, -0.05) is 48.7 Å². The topological polar surface area (TPSA) is 73.9 Å². The summed E-state index contributed by atoms with van der Waals surface area (Å²) in [5.74, 6) is 0.499. The van der Waals surface area contributed by atoms with E-state index in [1.165, 1.54) is 13.5 Å². The van der Waals surface area contributed by atoms with Gasteiger partial charge in [-0.25, -0.2) is 0 Å². The van der Waals surface area contributed by atoms with Crippen molar-refractivity contribution in [3.63, 3.8) is 0 Å². The van der Waals surface area contributed by atoms with Gasteiger partial charge in [-0.05, 0) is 79.0 Å². The third-order valence-electron chi connectivity index (χ3n) is 6.72. The van der Waals surface area contributed by atoms with Crippen LogP contribution >= 0.6 is 23.2 Å². The van der Waals surface area contributed by atoms with Gasteiger partial charge < -0.3 is 19.5 Å². The number of hydrogen-bond donors (Lipinski definition) is 1. The molecule has 3 atom stereocenters. The number of rotatable bonds is 13. The Morgan fingerprint density at radius 1 is 1.14 bits per heavy atom. The molecule has 2 aromatic rings. The van der Waals surface area contributed by atoms with Gasteiger partial charge in [0.15, 0.2) is 0 Å². The van der Waals surface area contributed by atoms with E-state index in [-0.39, 0.29) is 18.3 Å². The van der Waals surface area contributed by atoms with Crippen LogP contribution in [-0.4, -0.2) is 45.4 Å². The molecule has 3 rings (SSSR count). The molecule has 202 valence electrons. The van der Waals surface area contributed by atoms with E-state index in [1.54, 1.807) is 18.2 Å². The zero-order valence-electron chi connectivity index (χ0n) is 21.6. The Balaban J connectivity index is 1.71. The molecule has 1 aliphatic rings. The van der Waals surface area contributed by atoms with Crippen LogP contribution in [0.25, 0.3) is 0 Å². The van der Waals surface area contributed by atoms with Gasteiger partial charge in [-0.15, -0.1) is 0 Å². The lowest BCUT2D eigenvalue weighted by Crippen LogP contribution is -2.31. The Labute approximate surface area is 230 Å². The van der Waals surface area contributed by atoms with Crippen molar-refractivity contribution in [2.45, 2.75) is 51.6 Å². The van der Waals surface area contributed by atoms with Crippen molar-refractivity contribution >= 4 is 35.1 Å². The first-order chi connectivity index (χ1) is 17.9. The molecule has 1 amide bonds. The van der Waals surface area contributed by atoms with E-state index in [2.05, 4.69) is 12.2 Å². The van der Waals surface area contributed by atoms with Gasteiger partial charge in [0, 0.05) is 48.4 Å². The lowest BCUT2D eigenvalue weighted by molar-refractivity contribution is -0.141. The first-order valence-corrected chi connectivity index (χ1v) is 13.8. The summed E-state index contributed by atoms with van der Waals surface area (Å²) in [6.45, 7) is 4.75. The molecule has 0 aliphatic carbocycles. The molecule has 6 nitrogen and oxygen atoms in total. The highest BCUT2D eigenvalue weighted by Crippen LogP contribution is 2.31. The minimum atomic E-state index is -0.503. The number of nitrogens with one attached hydrogen (secondary N) is 1. The number of hydrogen-bond acceptors (Lipinski definition) is 5. The highest BCUT2D eigenvalue weighted by atomic mass is 35.5. The van der Waals surface area contributed by atoms with Gasteiger partial charge in [0.25, 0.3) is 5.91 Å². The van der Waals surface area contributed by atoms with Gasteiger partial charge in [0.2, 0.25) is 0 Å². The molecule has 2 aromatic carbocycles. The zero-order valence-corrected chi connectivity index (χ0v) is 23.2. The van der Waals surface area contributed by atoms with Crippen molar-refractivity contribution in [2.24, 2.45) is 11.8 Å². The van der Waals surface area contributed by atoms with Gasteiger partial charge in [0.1, 0.15) is 6.10 Å². The maximum Gasteiger partial charge on any atom is 0.305 e. The Hall–Kier alpha value is -2.12. The lowest BCUT2D eigenvalue weighted by Gasteiger charge is -2.26. The molecule has 8 heteroatoms. The van der Waals surface area contributed by atoms with Crippen LogP contribution in [0.4, 0.5) is 0 Å². The van der Waals surface area contributed by atoms with Crippen molar-refractivity contribution in [2.75, 3.05) is 33.5 Å². The number of halogens is 2. The number of amides is 1. The number of esters is 1. The minimum Gasteiger partial charge on any atom is -0.469 e. The van der Waals surface area contributed by atoms with Gasteiger partial charge in [-0.2, -0.15) is 0 Å².